The molecular weight excluding hydrogens is 160 g/mol. The van der Waals surface area contributed by atoms with Crippen molar-refractivity contribution in [3.8, 4) is 0 Å². The average Bonchev–Trinajstić information content (AvgIpc) is 1.78. The maximum absolute atomic E-state index is 5.70. The first kappa shape index (κ1) is 12.9. The lowest BCUT2D eigenvalue weighted by molar-refractivity contribution is 0.240. The van der Waals surface area contributed by atoms with Crippen LogP contribution in [0.1, 0.15) is 48.0 Å². The third-order valence-corrected chi connectivity index (χ3v) is 1.87. The van der Waals surface area contributed by atoms with E-state index in [4.69, 9.17) is 5.73 Å². The van der Waals surface area contributed by atoms with Crippen LogP contribution < -0.4 is 11.1 Å². The predicted molar refractivity (Wildman–Crippen MR) is 59.8 cm³/mol. The first-order chi connectivity index (χ1) is 5.62. The van der Waals surface area contributed by atoms with Crippen LogP contribution in [0.2, 0.25) is 0 Å². The zero-order chi connectivity index (χ0) is 10.7. The fourth-order valence-electron chi connectivity index (χ4n) is 1.83. The standard InChI is InChI=1S/C11H26N2/c1-9(12)7-13-11(5,6)8-10(2,3)4/h9,13H,7-8,12H2,1-6H3. The van der Waals surface area contributed by atoms with Gasteiger partial charge in [-0.3, -0.25) is 0 Å². The molecule has 80 valence electrons. The van der Waals surface area contributed by atoms with E-state index in [0.29, 0.717) is 5.41 Å². The minimum atomic E-state index is 0.186. The zero-order valence-corrected chi connectivity index (χ0v) is 10.1. The average molecular weight is 186 g/mol. The zero-order valence-electron chi connectivity index (χ0n) is 10.1. The van der Waals surface area contributed by atoms with E-state index in [9.17, 15) is 0 Å². The van der Waals surface area contributed by atoms with Crippen molar-refractivity contribution in [3.05, 3.63) is 0 Å². The molecule has 0 saturated heterocycles. The van der Waals surface area contributed by atoms with Crippen molar-refractivity contribution in [2.75, 3.05) is 6.54 Å². The van der Waals surface area contributed by atoms with Crippen molar-refractivity contribution in [1.29, 1.82) is 0 Å². The fourth-order valence-corrected chi connectivity index (χ4v) is 1.83. The summed E-state index contributed by atoms with van der Waals surface area (Å²) in [6, 6.07) is 0.235. The van der Waals surface area contributed by atoms with E-state index in [1.165, 1.54) is 0 Å². The number of nitrogens with two attached hydrogens (primary N) is 1. The van der Waals surface area contributed by atoms with E-state index in [-0.39, 0.29) is 11.6 Å². The molecule has 0 spiro atoms. The molecule has 0 radical (unpaired) electrons. The van der Waals surface area contributed by atoms with Crippen LogP contribution in [-0.4, -0.2) is 18.1 Å². The van der Waals surface area contributed by atoms with Gasteiger partial charge in [-0.15, -0.1) is 0 Å². The van der Waals surface area contributed by atoms with Gasteiger partial charge in [0.25, 0.3) is 0 Å². The Morgan fingerprint density at radius 1 is 1.15 bits per heavy atom. The molecule has 1 atom stereocenters. The number of hydrogen-bond donors (Lipinski definition) is 2. The maximum atomic E-state index is 5.70. The smallest absolute Gasteiger partial charge is 0.0136 e. The Hall–Kier alpha value is -0.0800. The molecule has 0 amide bonds. The van der Waals surface area contributed by atoms with Gasteiger partial charge in [-0.05, 0) is 32.6 Å². The van der Waals surface area contributed by atoms with Gasteiger partial charge in [-0.1, -0.05) is 20.8 Å². The second kappa shape index (κ2) is 4.43. The van der Waals surface area contributed by atoms with Gasteiger partial charge in [0.05, 0.1) is 0 Å². The van der Waals surface area contributed by atoms with E-state index in [2.05, 4.69) is 39.9 Å². The van der Waals surface area contributed by atoms with E-state index >= 15 is 0 Å². The number of nitrogens with one attached hydrogen (secondary N) is 1. The predicted octanol–water partition coefficient (Wildman–Crippen LogP) is 2.14. The molecule has 0 aromatic heterocycles. The molecule has 2 heteroatoms. The van der Waals surface area contributed by atoms with Crippen LogP contribution in [0.5, 0.6) is 0 Å². The molecule has 0 aromatic rings. The van der Waals surface area contributed by atoms with Crippen LogP contribution in [0.4, 0.5) is 0 Å². The quantitative estimate of drug-likeness (QED) is 0.706. The van der Waals surface area contributed by atoms with E-state index in [0.717, 1.165) is 13.0 Å². The molecule has 0 fully saturated rings. The lowest BCUT2D eigenvalue weighted by Crippen LogP contribution is -2.46. The maximum Gasteiger partial charge on any atom is 0.0136 e. The Labute approximate surface area is 83.3 Å². The topological polar surface area (TPSA) is 38.0 Å². The van der Waals surface area contributed by atoms with Gasteiger partial charge in [0, 0.05) is 18.1 Å². The SMILES string of the molecule is CC(N)CNC(C)(C)CC(C)(C)C. The molecule has 2 nitrogen and oxygen atoms in total. The van der Waals surface area contributed by atoms with Crippen LogP contribution in [-0.2, 0) is 0 Å². The summed E-state index contributed by atoms with van der Waals surface area (Å²) in [5.41, 5.74) is 6.26. The molecule has 0 rings (SSSR count). The molecule has 0 aliphatic carbocycles. The lowest BCUT2D eigenvalue weighted by atomic mass is 9.82. The highest BCUT2D eigenvalue weighted by Crippen LogP contribution is 2.26. The molecule has 0 aliphatic rings. The molecule has 0 heterocycles. The molecule has 0 bridgehead atoms. The normalized spacial score (nSPS) is 15.9. The van der Waals surface area contributed by atoms with Crippen LogP contribution in [0.15, 0.2) is 0 Å². The summed E-state index contributed by atoms with van der Waals surface area (Å²) >= 11 is 0. The highest BCUT2D eigenvalue weighted by atomic mass is 15.0. The Morgan fingerprint density at radius 2 is 1.62 bits per heavy atom. The van der Waals surface area contributed by atoms with E-state index in [1.807, 2.05) is 6.92 Å². The lowest BCUT2D eigenvalue weighted by Gasteiger charge is -2.34. The van der Waals surface area contributed by atoms with Crippen LogP contribution >= 0.6 is 0 Å². The highest BCUT2D eigenvalue weighted by Gasteiger charge is 2.24. The van der Waals surface area contributed by atoms with Crippen molar-refractivity contribution in [2.24, 2.45) is 11.1 Å². The van der Waals surface area contributed by atoms with E-state index < -0.39 is 0 Å². The Balaban J connectivity index is 3.94. The minimum Gasteiger partial charge on any atom is -0.327 e. The summed E-state index contributed by atoms with van der Waals surface area (Å²) < 4.78 is 0. The summed E-state index contributed by atoms with van der Waals surface area (Å²) in [5, 5.41) is 3.49. The van der Waals surface area contributed by atoms with Gasteiger partial charge in [0.2, 0.25) is 0 Å². The summed E-state index contributed by atoms with van der Waals surface area (Å²) in [6.07, 6.45) is 1.16. The summed E-state index contributed by atoms with van der Waals surface area (Å²) in [5.74, 6) is 0. The third kappa shape index (κ3) is 8.26. The van der Waals surface area contributed by atoms with Crippen molar-refractivity contribution in [3.63, 3.8) is 0 Å². The molecule has 3 N–H and O–H groups in total. The van der Waals surface area contributed by atoms with Crippen LogP contribution in [0.3, 0.4) is 0 Å². The Kier molecular flexibility index (Phi) is 4.40. The van der Waals surface area contributed by atoms with Gasteiger partial charge in [0.1, 0.15) is 0 Å². The summed E-state index contributed by atoms with van der Waals surface area (Å²) in [4.78, 5) is 0. The Bertz CT molecular complexity index is 143. The van der Waals surface area contributed by atoms with Crippen molar-refractivity contribution in [2.45, 2.75) is 59.5 Å². The number of rotatable bonds is 4. The third-order valence-electron chi connectivity index (χ3n) is 1.87. The second-order valence-corrected chi connectivity index (χ2v) is 5.98. The highest BCUT2D eigenvalue weighted by molar-refractivity contribution is 4.83. The summed E-state index contributed by atoms with van der Waals surface area (Å²) in [7, 11) is 0. The largest absolute Gasteiger partial charge is 0.327 e. The van der Waals surface area contributed by atoms with Crippen molar-refractivity contribution >= 4 is 0 Å². The molecule has 0 saturated carbocycles. The first-order valence-corrected chi connectivity index (χ1v) is 5.13. The molecule has 0 aromatic carbocycles. The van der Waals surface area contributed by atoms with Crippen LogP contribution in [0.25, 0.3) is 0 Å². The van der Waals surface area contributed by atoms with E-state index in [1.54, 1.807) is 0 Å². The Morgan fingerprint density at radius 3 is 1.92 bits per heavy atom. The van der Waals surface area contributed by atoms with Gasteiger partial charge >= 0.3 is 0 Å². The minimum absolute atomic E-state index is 0.186. The fraction of sp³-hybridized carbons (Fsp3) is 1.00. The van der Waals surface area contributed by atoms with Gasteiger partial charge in [-0.2, -0.15) is 0 Å². The molecule has 0 aliphatic heterocycles. The van der Waals surface area contributed by atoms with Gasteiger partial charge in [0.15, 0.2) is 0 Å². The van der Waals surface area contributed by atoms with Crippen molar-refractivity contribution in [1.82, 2.24) is 5.32 Å². The molecule has 1 unspecified atom stereocenters. The number of hydrogen-bond acceptors (Lipinski definition) is 2. The monoisotopic (exact) mass is 186 g/mol. The van der Waals surface area contributed by atoms with Gasteiger partial charge < -0.3 is 11.1 Å². The summed E-state index contributed by atoms with van der Waals surface area (Å²) in [6.45, 7) is 14.2. The second-order valence-electron chi connectivity index (χ2n) is 5.98. The van der Waals surface area contributed by atoms with Crippen molar-refractivity contribution < 1.29 is 0 Å². The van der Waals surface area contributed by atoms with Crippen LogP contribution in [0, 0.1) is 5.41 Å². The van der Waals surface area contributed by atoms with Gasteiger partial charge in [-0.25, -0.2) is 0 Å². The molecular formula is C11H26N2. The molecule has 13 heavy (non-hydrogen) atoms. The first-order valence-electron chi connectivity index (χ1n) is 5.13.